The maximum atomic E-state index is 9.73. The van der Waals surface area contributed by atoms with Crippen LogP contribution in [0.2, 0.25) is 0 Å². The Morgan fingerprint density at radius 3 is 3.09 bits per heavy atom. The average molecular weight is 150 g/mol. The van der Waals surface area contributed by atoms with Crippen molar-refractivity contribution in [3.05, 3.63) is 24.8 Å². The van der Waals surface area contributed by atoms with Crippen molar-refractivity contribution in [2.24, 2.45) is 17.3 Å². The van der Waals surface area contributed by atoms with E-state index < -0.39 is 0 Å². The summed E-state index contributed by atoms with van der Waals surface area (Å²) in [5.74, 6) is 1.04. The Kier molecular flexibility index (Phi) is 1.28. The molecule has 11 heavy (non-hydrogen) atoms. The smallest absolute Gasteiger partial charge is 0.0670 e. The summed E-state index contributed by atoms with van der Waals surface area (Å²) >= 11 is 0. The molecule has 2 aliphatic carbocycles. The topological polar surface area (TPSA) is 20.2 Å². The van der Waals surface area contributed by atoms with Crippen LogP contribution >= 0.6 is 0 Å². The van der Waals surface area contributed by atoms with E-state index in [4.69, 9.17) is 0 Å². The van der Waals surface area contributed by atoms with Gasteiger partial charge >= 0.3 is 0 Å². The molecule has 4 atom stereocenters. The average Bonchev–Trinajstić information content (AvgIpc) is 2.48. The molecular weight excluding hydrogens is 136 g/mol. The summed E-state index contributed by atoms with van der Waals surface area (Å²) in [6, 6.07) is 0. The maximum Gasteiger partial charge on any atom is 0.0670 e. The van der Waals surface area contributed by atoms with Gasteiger partial charge in [-0.2, -0.15) is 0 Å². The molecule has 0 aromatic rings. The fraction of sp³-hybridized carbons (Fsp3) is 0.600. The Bertz CT molecular complexity index is 219. The number of fused-ring (bicyclic) bond motifs is 1. The molecule has 4 unspecified atom stereocenters. The molecule has 1 fully saturated rings. The molecule has 2 aliphatic rings. The predicted octanol–water partition coefficient (Wildman–Crippen LogP) is 1.75. The lowest BCUT2D eigenvalue weighted by atomic mass is 9.54. The van der Waals surface area contributed by atoms with Crippen molar-refractivity contribution in [2.45, 2.75) is 19.4 Å². The lowest BCUT2D eigenvalue weighted by molar-refractivity contribution is -0.112. The molecule has 0 radical (unpaired) electrons. The fourth-order valence-electron chi connectivity index (χ4n) is 2.46. The molecule has 0 aromatic carbocycles. The SMILES string of the molecule is C=CC1(C)C(O)C2CC=CC21. The zero-order chi connectivity index (χ0) is 8.06. The highest BCUT2D eigenvalue weighted by Gasteiger charge is 2.56. The highest BCUT2D eigenvalue weighted by atomic mass is 16.3. The second kappa shape index (κ2) is 1.98. The number of aliphatic hydroxyl groups excluding tert-OH is 1. The lowest BCUT2D eigenvalue weighted by Crippen LogP contribution is -2.55. The second-order valence-corrected chi connectivity index (χ2v) is 3.87. The molecule has 0 saturated heterocycles. The summed E-state index contributed by atoms with van der Waals surface area (Å²) in [6.45, 7) is 5.86. The monoisotopic (exact) mass is 150 g/mol. The summed E-state index contributed by atoms with van der Waals surface area (Å²) in [6.07, 6.45) is 7.18. The minimum Gasteiger partial charge on any atom is -0.392 e. The van der Waals surface area contributed by atoms with Crippen molar-refractivity contribution in [1.29, 1.82) is 0 Å². The number of allylic oxidation sites excluding steroid dienone is 2. The Morgan fingerprint density at radius 1 is 1.73 bits per heavy atom. The van der Waals surface area contributed by atoms with Gasteiger partial charge in [0, 0.05) is 5.41 Å². The normalized spacial score (nSPS) is 53.5. The van der Waals surface area contributed by atoms with Crippen molar-refractivity contribution in [1.82, 2.24) is 0 Å². The molecule has 0 heterocycles. The van der Waals surface area contributed by atoms with Gasteiger partial charge < -0.3 is 5.11 Å². The zero-order valence-electron chi connectivity index (χ0n) is 6.83. The molecule has 0 aromatic heterocycles. The number of aliphatic hydroxyl groups is 1. The fourth-order valence-corrected chi connectivity index (χ4v) is 2.46. The minimum atomic E-state index is -0.167. The van der Waals surface area contributed by atoms with Crippen LogP contribution in [0.3, 0.4) is 0 Å². The van der Waals surface area contributed by atoms with E-state index in [9.17, 15) is 5.11 Å². The summed E-state index contributed by atoms with van der Waals surface area (Å²) in [5.41, 5.74) is -0.0440. The van der Waals surface area contributed by atoms with Gasteiger partial charge in [-0.15, -0.1) is 6.58 Å². The zero-order valence-corrected chi connectivity index (χ0v) is 6.83. The Hall–Kier alpha value is -0.560. The quantitative estimate of drug-likeness (QED) is 0.564. The van der Waals surface area contributed by atoms with E-state index in [1.165, 1.54) is 0 Å². The molecule has 0 amide bonds. The first-order valence-electron chi connectivity index (χ1n) is 4.18. The van der Waals surface area contributed by atoms with Gasteiger partial charge in [-0.25, -0.2) is 0 Å². The predicted molar refractivity (Wildman–Crippen MR) is 45.0 cm³/mol. The number of hydrogen-bond donors (Lipinski definition) is 1. The first kappa shape index (κ1) is 7.11. The van der Waals surface area contributed by atoms with Crippen molar-refractivity contribution in [3.8, 4) is 0 Å². The molecule has 0 bridgehead atoms. The van der Waals surface area contributed by atoms with Crippen molar-refractivity contribution >= 4 is 0 Å². The van der Waals surface area contributed by atoms with Gasteiger partial charge in [-0.05, 0) is 18.3 Å². The second-order valence-electron chi connectivity index (χ2n) is 3.87. The molecule has 1 saturated carbocycles. The molecule has 1 heteroatoms. The molecule has 0 aliphatic heterocycles. The number of hydrogen-bond acceptors (Lipinski definition) is 1. The molecule has 0 spiro atoms. The van der Waals surface area contributed by atoms with Crippen LogP contribution in [-0.4, -0.2) is 11.2 Å². The third-order valence-corrected chi connectivity index (χ3v) is 3.41. The van der Waals surface area contributed by atoms with E-state index in [2.05, 4.69) is 25.7 Å². The summed E-state index contributed by atoms with van der Waals surface area (Å²) in [4.78, 5) is 0. The van der Waals surface area contributed by atoms with Crippen LogP contribution in [0.5, 0.6) is 0 Å². The molecular formula is C10H14O. The van der Waals surface area contributed by atoms with Gasteiger partial charge in [0.25, 0.3) is 0 Å². The van der Waals surface area contributed by atoms with Gasteiger partial charge in [0.05, 0.1) is 6.10 Å². The summed E-state index contributed by atoms with van der Waals surface area (Å²) in [7, 11) is 0. The maximum absolute atomic E-state index is 9.73. The van der Waals surface area contributed by atoms with Crippen LogP contribution in [0.15, 0.2) is 24.8 Å². The summed E-state index contributed by atoms with van der Waals surface area (Å²) in [5, 5.41) is 9.73. The van der Waals surface area contributed by atoms with Crippen LogP contribution in [0, 0.1) is 17.3 Å². The Balaban J connectivity index is 2.25. The molecule has 1 N–H and O–H groups in total. The van der Waals surface area contributed by atoms with Crippen molar-refractivity contribution < 1.29 is 5.11 Å². The van der Waals surface area contributed by atoms with E-state index in [0.29, 0.717) is 11.8 Å². The largest absolute Gasteiger partial charge is 0.392 e. The van der Waals surface area contributed by atoms with Gasteiger partial charge in [0.1, 0.15) is 0 Å². The van der Waals surface area contributed by atoms with E-state index in [0.717, 1.165) is 6.42 Å². The standard InChI is InChI=1S/C10H14O/c1-3-10(2)8-6-4-5-7(8)9(10)11/h3-4,6-9,11H,1,5H2,2H3. The third kappa shape index (κ3) is 0.646. The van der Waals surface area contributed by atoms with Crippen molar-refractivity contribution in [3.63, 3.8) is 0 Å². The van der Waals surface area contributed by atoms with E-state index in [1.807, 2.05) is 6.08 Å². The van der Waals surface area contributed by atoms with Crippen LogP contribution < -0.4 is 0 Å². The first-order chi connectivity index (χ1) is 5.20. The van der Waals surface area contributed by atoms with Crippen LogP contribution in [-0.2, 0) is 0 Å². The van der Waals surface area contributed by atoms with Gasteiger partial charge in [0.2, 0.25) is 0 Å². The Morgan fingerprint density at radius 2 is 2.45 bits per heavy atom. The van der Waals surface area contributed by atoms with E-state index in [-0.39, 0.29) is 11.5 Å². The van der Waals surface area contributed by atoms with Gasteiger partial charge in [-0.3, -0.25) is 0 Å². The van der Waals surface area contributed by atoms with E-state index in [1.54, 1.807) is 0 Å². The highest BCUT2D eigenvalue weighted by molar-refractivity contribution is 5.24. The molecule has 2 rings (SSSR count). The van der Waals surface area contributed by atoms with E-state index >= 15 is 0 Å². The van der Waals surface area contributed by atoms with Crippen molar-refractivity contribution in [2.75, 3.05) is 0 Å². The first-order valence-corrected chi connectivity index (χ1v) is 4.18. The molecule has 60 valence electrons. The third-order valence-electron chi connectivity index (χ3n) is 3.41. The van der Waals surface area contributed by atoms with Crippen LogP contribution in [0.4, 0.5) is 0 Å². The van der Waals surface area contributed by atoms with Gasteiger partial charge in [-0.1, -0.05) is 25.2 Å². The summed E-state index contributed by atoms with van der Waals surface area (Å²) < 4.78 is 0. The van der Waals surface area contributed by atoms with Gasteiger partial charge in [0.15, 0.2) is 0 Å². The van der Waals surface area contributed by atoms with Crippen LogP contribution in [0.1, 0.15) is 13.3 Å². The van der Waals surface area contributed by atoms with Crippen LogP contribution in [0.25, 0.3) is 0 Å². The lowest BCUT2D eigenvalue weighted by Gasteiger charge is -2.53. The number of rotatable bonds is 1. The molecule has 1 nitrogen and oxygen atoms in total. The minimum absolute atomic E-state index is 0.0440. The Labute approximate surface area is 67.4 Å². The highest BCUT2D eigenvalue weighted by Crippen LogP contribution is 2.56.